The number of hydrogen-bond acceptors (Lipinski definition) is 4. The molecule has 2 aromatic rings. The monoisotopic (exact) mass is 215 g/mol. The molecule has 0 atom stereocenters. The van der Waals surface area contributed by atoms with Gasteiger partial charge in [-0.25, -0.2) is 4.52 Å². The van der Waals surface area contributed by atoms with E-state index in [2.05, 4.69) is 15.4 Å². The first-order valence-electron chi connectivity index (χ1n) is 4.69. The number of rotatable bonds is 2. The highest BCUT2D eigenvalue weighted by molar-refractivity contribution is 5.90. The lowest BCUT2D eigenvalue weighted by molar-refractivity contribution is -0.115. The number of carbonyl (C=O) groups is 1. The quantitative estimate of drug-likeness (QED) is 0.806. The Balaban J connectivity index is 2.27. The van der Waals surface area contributed by atoms with Crippen molar-refractivity contribution < 1.29 is 4.79 Å². The Hall–Kier alpha value is -2.42. The van der Waals surface area contributed by atoms with Gasteiger partial charge in [0.15, 0.2) is 5.65 Å². The van der Waals surface area contributed by atoms with Gasteiger partial charge in [-0.2, -0.15) is 10.2 Å². The third kappa shape index (κ3) is 1.98. The van der Waals surface area contributed by atoms with E-state index < -0.39 is 5.91 Å². The summed E-state index contributed by atoms with van der Waals surface area (Å²) < 4.78 is 1.58. The zero-order valence-electron chi connectivity index (χ0n) is 8.64. The fourth-order valence-corrected chi connectivity index (χ4v) is 1.28. The van der Waals surface area contributed by atoms with Crippen LogP contribution < -0.4 is 5.32 Å². The van der Waals surface area contributed by atoms with Crippen molar-refractivity contribution in [1.82, 2.24) is 14.6 Å². The summed E-state index contributed by atoms with van der Waals surface area (Å²) in [5, 5.41) is 14.8. The molecule has 2 rings (SSSR count). The lowest BCUT2D eigenvalue weighted by Gasteiger charge is -1.93. The van der Waals surface area contributed by atoms with Gasteiger partial charge in [0.05, 0.1) is 6.07 Å². The molecule has 0 aliphatic carbocycles. The highest BCUT2D eigenvalue weighted by Gasteiger charge is 2.06. The molecule has 0 aliphatic heterocycles. The molecule has 6 nitrogen and oxygen atoms in total. The van der Waals surface area contributed by atoms with Crippen LogP contribution in [0.25, 0.3) is 5.65 Å². The van der Waals surface area contributed by atoms with Gasteiger partial charge in [-0.05, 0) is 18.6 Å². The van der Waals surface area contributed by atoms with Gasteiger partial charge in [-0.3, -0.25) is 10.1 Å². The van der Waals surface area contributed by atoms with Gasteiger partial charge in [-0.1, -0.05) is 6.07 Å². The van der Waals surface area contributed by atoms with Crippen LogP contribution in [0.15, 0.2) is 18.3 Å². The minimum absolute atomic E-state index is 0.200. The number of aryl methyl sites for hydroxylation is 1. The molecule has 80 valence electrons. The number of fused-ring (bicyclic) bond motifs is 1. The Morgan fingerprint density at radius 2 is 2.44 bits per heavy atom. The number of nitriles is 1. The molecular formula is C10H9N5O. The smallest absolute Gasteiger partial charge is 0.249 e. The average Bonchev–Trinajstić information content (AvgIpc) is 2.59. The number of aromatic nitrogens is 3. The van der Waals surface area contributed by atoms with Crippen LogP contribution in [0.5, 0.6) is 0 Å². The van der Waals surface area contributed by atoms with E-state index in [4.69, 9.17) is 5.26 Å². The van der Waals surface area contributed by atoms with Gasteiger partial charge in [0, 0.05) is 6.20 Å². The van der Waals surface area contributed by atoms with Crippen LogP contribution in [0.3, 0.4) is 0 Å². The maximum atomic E-state index is 11.1. The molecule has 0 spiro atoms. The molecule has 2 heterocycles. The molecule has 16 heavy (non-hydrogen) atoms. The number of hydrogen-bond donors (Lipinski definition) is 1. The van der Waals surface area contributed by atoms with Crippen LogP contribution in [-0.4, -0.2) is 20.5 Å². The standard InChI is InChI=1S/C10H9N5O/c1-7-2-3-8-12-10(14-15(8)6-7)13-9(16)4-5-11/h2-3,6H,4H2,1H3,(H,13,14,16). The summed E-state index contributed by atoms with van der Waals surface area (Å²) in [4.78, 5) is 15.2. The summed E-state index contributed by atoms with van der Waals surface area (Å²) in [5.74, 6) is -0.194. The van der Waals surface area contributed by atoms with Crippen LogP contribution >= 0.6 is 0 Å². The number of carbonyl (C=O) groups excluding carboxylic acids is 1. The summed E-state index contributed by atoms with van der Waals surface area (Å²) in [6.45, 7) is 1.94. The molecular weight excluding hydrogens is 206 g/mol. The second-order valence-corrected chi connectivity index (χ2v) is 3.33. The van der Waals surface area contributed by atoms with E-state index in [9.17, 15) is 4.79 Å². The van der Waals surface area contributed by atoms with Crippen molar-refractivity contribution in [3.05, 3.63) is 23.9 Å². The van der Waals surface area contributed by atoms with Crippen molar-refractivity contribution in [2.45, 2.75) is 13.3 Å². The van der Waals surface area contributed by atoms with Crippen LogP contribution in [0.4, 0.5) is 5.95 Å². The fraction of sp³-hybridized carbons (Fsp3) is 0.200. The lowest BCUT2D eigenvalue weighted by atomic mass is 10.3. The van der Waals surface area contributed by atoms with Crippen molar-refractivity contribution in [1.29, 1.82) is 5.26 Å². The van der Waals surface area contributed by atoms with Gasteiger partial charge in [-0.15, -0.1) is 5.10 Å². The van der Waals surface area contributed by atoms with Gasteiger partial charge in [0.25, 0.3) is 0 Å². The van der Waals surface area contributed by atoms with Crippen LogP contribution in [0, 0.1) is 18.3 Å². The Morgan fingerprint density at radius 1 is 1.62 bits per heavy atom. The van der Waals surface area contributed by atoms with Crippen LogP contribution in [0.1, 0.15) is 12.0 Å². The first-order valence-corrected chi connectivity index (χ1v) is 4.69. The van der Waals surface area contributed by atoms with Crippen LogP contribution in [-0.2, 0) is 4.79 Å². The summed E-state index contributed by atoms with van der Waals surface area (Å²) in [6.07, 6.45) is 1.61. The summed E-state index contributed by atoms with van der Waals surface area (Å²) in [5.41, 5.74) is 1.70. The Labute approximate surface area is 91.5 Å². The maximum Gasteiger partial charge on any atom is 0.249 e. The highest BCUT2D eigenvalue weighted by atomic mass is 16.1. The maximum absolute atomic E-state index is 11.1. The lowest BCUT2D eigenvalue weighted by Crippen LogP contribution is -2.11. The number of nitrogens with one attached hydrogen (secondary N) is 1. The van der Waals surface area contributed by atoms with Crippen molar-refractivity contribution in [3.63, 3.8) is 0 Å². The number of nitrogens with zero attached hydrogens (tertiary/aromatic N) is 4. The van der Waals surface area contributed by atoms with Crippen molar-refractivity contribution in [3.8, 4) is 6.07 Å². The van der Waals surface area contributed by atoms with E-state index in [1.165, 1.54) is 0 Å². The molecule has 6 heteroatoms. The topological polar surface area (TPSA) is 83.1 Å². The van der Waals surface area contributed by atoms with Gasteiger partial charge < -0.3 is 0 Å². The van der Waals surface area contributed by atoms with Gasteiger partial charge in [0.1, 0.15) is 6.42 Å². The Kier molecular flexibility index (Phi) is 2.52. The van der Waals surface area contributed by atoms with E-state index in [1.54, 1.807) is 10.6 Å². The molecule has 0 saturated heterocycles. The van der Waals surface area contributed by atoms with Crippen molar-refractivity contribution in [2.24, 2.45) is 0 Å². The van der Waals surface area contributed by atoms with E-state index >= 15 is 0 Å². The molecule has 0 unspecified atom stereocenters. The predicted octanol–water partition coefficient (Wildman–Crippen LogP) is 0.890. The summed E-state index contributed by atoms with van der Waals surface area (Å²) in [7, 11) is 0. The zero-order chi connectivity index (χ0) is 11.5. The molecule has 0 saturated carbocycles. The number of amides is 1. The van der Waals surface area contributed by atoms with Crippen molar-refractivity contribution >= 4 is 17.5 Å². The highest BCUT2D eigenvalue weighted by Crippen LogP contribution is 2.07. The van der Waals surface area contributed by atoms with E-state index in [0.717, 1.165) is 5.56 Å². The van der Waals surface area contributed by atoms with E-state index in [-0.39, 0.29) is 12.4 Å². The third-order valence-electron chi connectivity index (χ3n) is 1.97. The molecule has 2 aromatic heterocycles. The van der Waals surface area contributed by atoms with E-state index in [1.807, 2.05) is 25.3 Å². The number of anilines is 1. The normalized spacial score (nSPS) is 10.0. The largest absolute Gasteiger partial charge is 0.292 e. The zero-order valence-corrected chi connectivity index (χ0v) is 8.64. The van der Waals surface area contributed by atoms with Crippen LogP contribution in [0.2, 0.25) is 0 Å². The van der Waals surface area contributed by atoms with E-state index in [0.29, 0.717) is 5.65 Å². The Morgan fingerprint density at radius 3 is 3.19 bits per heavy atom. The average molecular weight is 215 g/mol. The fourth-order valence-electron chi connectivity index (χ4n) is 1.28. The number of pyridine rings is 1. The Bertz CT molecular complexity index is 580. The third-order valence-corrected chi connectivity index (χ3v) is 1.97. The molecule has 1 amide bonds. The SMILES string of the molecule is Cc1ccc2nc(NC(=O)CC#N)nn2c1. The predicted molar refractivity (Wildman–Crippen MR) is 56.6 cm³/mol. The second kappa shape index (κ2) is 3.98. The summed E-state index contributed by atoms with van der Waals surface area (Å²) >= 11 is 0. The first-order chi connectivity index (χ1) is 7.69. The summed E-state index contributed by atoms with van der Waals surface area (Å²) in [6, 6.07) is 5.47. The molecule has 1 N–H and O–H groups in total. The van der Waals surface area contributed by atoms with Gasteiger partial charge >= 0.3 is 0 Å². The minimum Gasteiger partial charge on any atom is -0.292 e. The molecule has 0 bridgehead atoms. The first kappa shape index (κ1) is 10.1. The van der Waals surface area contributed by atoms with Gasteiger partial charge in [0.2, 0.25) is 11.9 Å². The second-order valence-electron chi connectivity index (χ2n) is 3.33. The minimum atomic E-state index is -0.407. The molecule has 0 aromatic carbocycles. The van der Waals surface area contributed by atoms with Crippen molar-refractivity contribution in [2.75, 3.05) is 5.32 Å². The molecule has 0 fully saturated rings. The molecule has 0 radical (unpaired) electrons. The molecule has 0 aliphatic rings.